The van der Waals surface area contributed by atoms with Crippen molar-refractivity contribution in [3.05, 3.63) is 59.9 Å². The summed E-state index contributed by atoms with van der Waals surface area (Å²) in [6, 6.07) is 11.9. The van der Waals surface area contributed by atoms with Crippen molar-refractivity contribution in [1.29, 1.82) is 0 Å². The van der Waals surface area contributed by atoms with Crippen molar-refractivity contribution >= 4 is 11.9 Å². The number of aliphatic carboxylic acids is 1. The number of nitrogens with one attached hydrogen (secondary N) is 2. The summed E-state index contributed by atoms with van der Waals surface area (Å²) in [5.74, 6) is -1.28. The third-order valence-electron chi connectivity index (χ3n) is 2.73. The second-order valence-corrected chi connectivity index (χ2v) is 4.12. The number of rotatable bonds is 5. The first-order chi connectivity index (χ1) is 9.16. The summed E-state index contributed by atoms with van der Waals surface area (Å²) in [7, 11) is 0. The molecule has 3 N–H and O–H groups in total. The quantitative estimate of drug-likeness (QED) is 0.766. The van der Waals surface area contributed by atoms with E-state index >= 15 is 0 Å². The van der Waals surface area contributed by atoms with Gasteiger partial charge in [0.25, 0.3) is 5.91 Å². The molecule has 2 aromatic rings. The van der Waals surface area contributed by atoms with Crippen LogP contribution in [0.2, 0.25) is 0 Å². The normalized spacial score (nSPS) is 11.8. The lowest BCUT2D eigenvalue weighted by Crippen LogP contribution is -2.30. The van der Waals surface area contributed by atoms with Gasteiger partial charge < -0.3 is 15.4 Å². The molecule has 2 rings (SSSR count). The van der Waals surface area contributed by atoms with E-state index in [1.54, 1.807) is 30.5 Å². The fourth-order valence-corrected chi connectivity index (χ4v) is 1.82. The second kappa shape index (κ2) is 5.86. The largest absolute Gasteiger partial charge is 0.481 e. The molecule has 0 bridgehead atoms. The minimum Gasteiger partial charge on any atom is -0.481 e. The van der Waals surface area contributed by atoms with E-state index in [2.05, 4.69) is 10.3 Å². The molecular weight excluding hydrogens is 244 g/mol. The summed E-state index contributed by atoms with van der Waals surface area (Å²) in [6.07, 6.45) is 1.49. The molecule has 0 aliphatic carbocycles. The Bertz CT molecular complexity index is 549. The van der Waals surface area contributed by atoms with E-state index in [1.807, 2.05) is 18.2 Å². The molecule has 0 saturated carbocycles. The van der Waals surface area contributed by atoms with Crippen molar-refractivity contribution in [2.45, 2.75) is 12.5 Å². The van der Waals surface area contributed by atoms with Crippen LogP contribution in [-0.2, 0) is 4.79 Å². The fraction of sp³-hybridized carbons (Fsp3) is 0.143. The average molecular weight is 258 g/mol. The van der Waals surface area contributed by atoms with Crippen LogP contribution in [-0.4, -0.2) is 22.0 Å². The lowest BCUT2D eigenvalue weighted by atomic mass is 10.0. The van der Waals surface area contributed by atoms with Crippen LogP contribution in [0.15, 0.2) is 48.7 Å². The van der Waals surface area contributed by atoms with Crippen LogP contribution in [0.4, 0.5) is 0 Å². The van der Waals surface area contributed by atoms with Crippen LogP contribution in [0.25, 0.3) is 0 Å². The minimum atomic E-state index is -0.958. The Kier molecular flexibility index (Phi) is 3.97. The minimum absolute atomic E-state index is 0.156. The van der Waals surface area contributed by atoms with Gasteiger partial charge in [-0.1, -0.05) is 30.3 Å². The maximum absolute atomic E-state index is 11.9. The van der Waals surface area contributed by atoms with E-state index in [1.165, 1.54) is 0 Å². The van der Waals surface area contributed by atoms with E-state index in [9.17, 15) is 9.59 Å². The maximum atomic E-state index is 11.9. The average Bonchev–Trinajstić information content (AvgIpc) is 2.92. The number of benzene rings is 1. The topological polar surface area (TPSA) is 82.2 Å². The summed E-state index contributed by atoms with van der Waals surface area (Å²) < 4.78 is 0. The molecule has 1 amide bonds. The fourth-order valence-electron chi connectivity index (χ4n) is 1.82. The Balaban J connectivity index is 2.15. The SMILES string of the molecule is O=C(O)CC(NC(=O)c1ccc[nH]1)c1ccccc1. The molecule has 5 nitrogen and oxygen atoms in total. The van der Waals surface area contributed by atoms with Gasteiger partial charge >= 0.3 is 5.97 Å². The molecule has 0 fully saturated rings. The van der Waals surface area contributed by atoms with Crippen LogP contribution >= 0.6 is 0 Å². The maximum Gasteiger partial charge on any atom is 0.305 e. The zero-order chi connectivity index (χ0) is 13.7. The molecule has 1 unspecified atom stereocenters. The number of amides is 1. The van der Waals surface area contributed by atoms with E-state index in [-0.39, 0.29) is 12.3 Å². The predicted octanol–water partition coefficient (Wildman–Crippen LogP) is 1.96. The van der Waals surface area contributed by atoms with Crippen molar-refractivity contribution in [2.24, 2.45) is 0 Å². The summed E-state index contributed by atoms with van der Waals surface area (Å²) in [4.78, 5) is 25.6. The summed E-state index contributed by atoms with van der Waals surface area (Å²) in [6.45, 7) is 0. The molecule has 1 atom stereocenters. The van der Waals surface area contributed by atoms with Crippen LogP contribution in [0.5, 0.6) is 0 Å². The smallest absolute Gasteiger partial charge is 0.305 e. The number of aromatic nitrogens is 1. The number of carbonyl (C=O) groups is 2. The molecule has 0 saturated heterocycles. The van der Waals surface area contributed by atoms with Gasteiger partial charge in [0.15, 0.2) is 0 Å². The first-order valence-electron chi connectivity index (χ1n) is 5.88. The summed E-state index contributed by atoms with van der Waals surface area (Å²) >= 11 is 0. The third kappa shape index (κ3) is 3.45. The number of carboxylic acid groups (broad SMARTS) is 1. The molecule has 0 aliphatic heterocycles. The van der Waals surface area contributed by atoms with Crippen molar-refractivity contribution in [3.8, 4) is 0 Å². The Morgan fingerprint density at radius 2 is 1.89 bits per heavy atom. The van der Waals surface area contributed by atoms with E-state index in [0.29, 0.717) is 5.69 Å². The molecule has 0 radical (unpaired) electrons. The zero-order valence-electron chi connectivity index (χ0n) is 10.2. The molecule has 1 aromatic heterocycles. The number of H-pyrrole nitrogens is 1. The molecule has 1 aromatic carbocycles. The molecule has 0 aliphatic rings. The van der Waals surface area contributed by atoms with Gasteiger partial charge in [-0.15, -0.1) is 0 Å². The number of hydrogen-bond donors (Lipinski definition) is 3. The lowest BCUT2D eigenvalue weighted by molar-refractivity contribution is -0.137. The third-order valence-corrected chi connectivity index (χ3v) is 2.73. The Hall–Kier alpha value is -2.56. The second-order valence-electron chi connectivity index (χ2n) is 4.12. The highest BCUT2D eigenvalue weighted by Gasteiger charge is 2.18. The highest BCUT2D eigenvalue weighted by molar-refractivity contribution is 5.92. The molecule has 5 heteroatoms. The Morgan fingerprint density at radius 1 is 1.16 bits per heavy atom. The monoisotopic (exact) mass is 258 g/mol. The molecular formula is C14H14N2O3. The Labute approximate surface area is 110 Å². The highest BCUT2D eigenvalue weighted by atomic mass is 16.4. The molecule has 0 spiro atoms. The van der Waals surface area contributed by atoms with Crippen molar-refractivity contribution < 1.29 is 14.7 Å². The molecule has 98 valence electrons. The van der Waals surface area contributed by atoms with Crippen LogP contribution in [0.1, 0.15) is 28.5 Å². The van der Waals surface area contributed by atoms with Gasteiger partial charge in [0.05, 0.1) is 12.5 Å². The lowest BCUT2D eigenvalue weighted by Gasteiger charge is -2.16. The number of carboxylic acids is 1. The number of aromatic amines is 1. The zero-order valence-corrected chi connectivity index (χ0v) is 10.2. The summed E-state index contributed by atoms with van der Waals surface area (Å²) in [5, 5.41) is 11.6. The van der Waals surface area contributed by atoms with E-state index in [4.69, 9.17) is 5.11 Å². The van der Waals surface area contributed by atoms with Gasteiger partial charge in [-0.05, 0) is 17.7 Å². The van der Waals surface area contributed by atoms with Gasteiger partial charge in [-0.2, -0.15) is 0 Å². The first-order valence-corrected chi connectivity index (χ1v) is 5.88. The predicted molar refractivity (Wildman–Crippen MR) is 69.7 cm³/mol. The Morgan fingerprint density at radius 3 is 2.47 bits per heavy atom. The van der Waals surface area contributed by atoms with Crippen LogP contribution in [0, 0.1) is 0 Å². The number of hydrogen-bond acceptors (Lipinski definition) is 2. The van der Waals surface area contributed by atoms with Crippen molar-refractivity contribution in [2.75, 3.05) is 0 Å². The van der Waals surface area contributed by atoms with Gasteiger partial charge in [-0.25, -0.2) is 0 Å². The van der Waals surface area contributed by atoms with E-state index in [0.717, 1.165) is 5.56 Å². The molecule has 1 heterocycles. The number of carbonyl (C=O) groups excluding carboxylic acids is 1. The first kappa shape index (κ1) is 12.9. The van der Waals surface area contributed by atoms with Crippen molar-refractivity contribution in [1.82, 2.24) is 10.3 Å². The van der Waals surface area contributed by atoms with Gasteiger partial charge in [-0.3, -0.25) is 9.59 Å². The highest BCUT2D eigenvalue weighted by Crippen LogP contribution is 2.17. The van der Waals surface area contributed by atoms with Gasteiger partial charge in [0.1, 0.15) is 5.69 Å². The van der Waals surface area contributed by atoms with Gasteiger partial charge in [0, 0.05) is 6.20 Å². The van der Waals surface area contributed by atoms with Crippen molar-refractivity contribution in [3.63, 3.8) is 0 Å². The molecule has 19 heavy (non-hydrogen) atoms. The van der Waals surface area contributed by atoms with Crippen LogP contribution in [0.3, 0.4) is 0 Å². The summed E-state index contributed by atoms with van der Waals surface area (Å²) in [5.41, 5.74) is 1.18. The van der Waals surface area contributed by atoms with Gasteiger partial charge in [0.2, 0.25) is 0 Å². The van der Waals surface area contributed by atoms with Crippen LogP contribution < -0.4 is 5.32 Å². The standard InChI is InChI=1S/C14H14N2O3/c17-13(18)9-12(10-5-2-1-3-6-10)16-14(19)11-7-4-8-15-11/h1-8,12,15H,9H2,(H,16,19)(H,17,18). The van der Waals surface area contributed by atoms with E-state index < -0.39 is 12.0 Å².